The highest BCUT2D eigenvalue weighted by Crippen LogP contribution is 2.23. The summed E-state index contributed by atoms with van der Waals surface area (Å²) in [4.78, 5) is 13.8. The first-order valence-electron chi connectivity index (χ1n) is 6.42. The minimum atomic E-state index is 0.344. The van der Waals surface area contributed by atoms with Crippen molar-refractivity contribution in [2.75, 3.05) is 20.6 Å². The van der Waals surface area contributed by atoms with Gasteiger partial charge in [-0.15, -0.1) is 0 Å². The van der Waals surface area contributed by atoms with Gasteiger partial charge in [0.15, 0.2) is 0 Å². The molecule has 0 unspecified atom stereocenters. The molecule has 0 aromatic heterocycles. The molecule has 2 nitrogen and oxygen atoms in total. The van der Waals surface area contributed by atoms with Crippen LogP contribution in [-0.2, 0) is 24.1 Å². The predicted molar refractivity (Wildman–Crippen MR) is 70.3 cm³/mol. The van der Waals surface area contributed by atoms with Crippen LogP contribution in [0.1, 0.15) is 29.5 Å². The zero-order chi connectivity index (χ0) is 12.3. The maximum absolute atomic E-state index is 11.8. The first-order valence-corrected chi connectivity index (χ1v) is 6.42. The van der Waals surface area contributed by atoms with Gasteiger partial charge in [0.2, 0.25) is 0 Å². The Morgan fingerprint density at radius 1 is 1.24 bits per heavy atom. The Balaban J connectivity index is 1.92. The van der Waals surface area contributed by atoms with Gasteiger partial charge < -0.3 is 4.90 Å². The SMILES string of the molecule is CN(C)CCC(=O)Cc1ccc2c(c1)CCC2. The van der Waals surface area contributed by atoms with Gasteiger partial charge in [-0.05, 0) is 50.0 Å². The van der Waals surface area contributed by atoms with E-state index < -0.39 is 0 Å². The standard InChI is InChI=1S/C15H21NO/c1-16(2)9-8-15(17)11-12-6-7-13-4-3-5-14(13)10-12/h6-7,10H,3-5,8-9,11H2,1-2H3. The average Bonchev–Trinajstić information content (AvgIpc) is 2.73. The van der Waals surface area contributed by atoms with Crippen molar-refractivity contribution in [1.82, 2.24) is 4.90 Å². The Kier molecular flexibility index (Phi) is 3.95. The van der Waals surface area contributed by atoms with Crippen LogP contribution in [0.2, 0.25) is 0 Å². The Morgan fingerprint density at radius 3 is 2.76 bits per heavy atom. The normalized spacial score (nSPS) is 14.1. The molecule has 0 radical (unpaired) electrons. The summed E-state index contributed by atoms with van der Waals surface area (Å²) in [6, 6.07) is 6.56. The van der Waals surface area contributed by atoms with Gasteiger partial charge >= 0.3 is 0 Å². The van der Waals surface area contributed by atoms with Gasteiger partial charge in [-0.2, -0.15) is 0 Å². The number of Topliss-reactive ketones (excluding diaryl/α,β-unsaturated/α-hetero) is 1. The quantitative estimate of drug-likeness (QED) is 0.774. The van der Waals surface area contributed by atoms with E-state index in [1.807, 2.05) is 14.1 Å². The molecule has 0 fully saturated rings. The maximum Gasteiger partial charge on any atom is 0.138 e. The third kappa shape index (κ3) is 3.40. The molecule has 0 saturated heterocycles. The van der Waals surface area contributed by atoms with Crippen LogP contribution in [0.5, 0.6) is 0 Å². The van der Waals surface area contributed by atoms with Gasteiger partial charge in [-0.3, -0.25) is 4.79 Å². The number of benzene rings is 1. The number of hydrogen-bond donors (Lipinski definition) is 0. The lowest BCUT2D eigenvalue weighted by molar-refractivity contribution is -0.118. The van der Waals surface area contributed by atoms with Crippen molar-refractivity contribution < 1.29 is 4.79 Å². The molecule has 0 N–H and O–H groups in total. The second kappa shape index (κ2) is 5.46. The van der Waals surface area contributed by atoms with Crippen LogP contribution in [-0.4, -0.2) is 31.3 Å². The first-order chi connectivity index (χ1) is 8.15. The Bertz CT molecular complexity index is 409. The first kappa shape index (κ1) is 12.3. The number of carbonyl (C=O) groups excluding carboxylic acids is 1. The van der Waals surface area contributed by atoms with Crippen LogP contribution in [0.3, 0.4) is 0 Å². The summed E-state index contributed by atoms with van der Waals surface area (Å²) in [5.41, 5.74) is 4.13. The molecule has 1 aliphatic carbocycles. The van der Waals surface area contributed by atoms with Gasteiger partial charge in [-0.25, -0.2) is 0 Å². The third-order valence-electron chi connectivity index (χ3n) is 3.40. The summed E-state index contributed by atoms with van der Waals surface area (Å²) in [6.45, 7) is 0.851. The van der Waals surface area contributed by atoms with Crippen LogP contribution in [0.15, 0.2) is 18.2 Å². The van der Waals surface area contributed by atoms with Crippen molar-refractivity contribution in [2.45, 2.75) is 32.1 Å². The van der Waals surface area contributed by atoms with Crippen molar-refractivity contribution in [2.24, 2.45) is 0 Å². The van der Waals surface area contributed by atoms with Gasteiger partial charge in [0.25, 0.3) is 0 Å². The maximum atomic E-state index is 11.8. The Labute approximate surface area is 104 Å². The number of aryl methyl sites for hydroxylation is 2. The summed E-state index contributed by atoms with van der Waals surface area (Å²) < 4.78 is 0. The largest absolute Gasteiger partial charge is 0.309 e. The summed E-state index contributed by atoms with van der Waals surface area (Å²) in [5, 5.41) is 0. The van der Waals surface area contributed by atoms with E-state index in [4.69, 9.17) is 0 Å². The molecular weight excluding hydrogens is 210 g/mol. The lowest BCUT2D eigenvalue weighted by Gasteiger charge is -2.09. The monoisotopic (exact) mass is 231 g/mol. The zero-order valence-electron chi connectivity index (χ0n) is 10.8. The van der Waals surface area contributed by atoms with Crippen molar-refractivity contribution in [3.8, 4) is 0 Å². The molecule has 0 amide bonds. The summed E-state index contributed by atoms with van der Waals surface area (Å²) in [5.74, 6) is 0.344. The van der Waals surface area contributed by atoms with Crippen LogP contribution in [0.4, 0.5) is 0 Å². The van der Waals surface area contributed by atoms with E-state index >= 15 is 0 Å². The molecule has 1 aromatic rings. The zero-order valence-corrected chi connectivity index (χ0v) is 10.8. The van der Waals surface area contributed by atoms with E-state index in [2.05, 4.69) is 23.1 Å². The molecule has 92 valence electrons. The molecule has 1 aromatic carbocycles. The van der Waals surface area contributed by atoms with E-state index in [9.17, 15) is 4.79 Å². The molecule has 0 bridgehead atoms. The molecule has 2 heteroatoms. The van der Waals surface area contributed by atoms with Crippen molar-refractivity contribution in [3.63, 3.8) is 0 Å². The lowest BCUT2D eigenvalue weighted by Crippen LogP contribution is -2.17. The predicted octanol–water partition coefficient (Wildman–Crippen LogP) is 2.24. The number of nitrogens with zero attached hydrogens (tertiary/aromatic N) is 1. The number of rotatable bonds is 5. The highest BCUT2D eigenvalue weighted by atomic mass is 16.1. The Morgan fingerprint density at radius 2 is 2.00 bits per heavy atom. The van der Waals surface area contributed by atoms with Gasteiger partial charge in [0.1, 0.15) is 5.78 Å². The number of ketones is 1. The molecular formula is C15H21NO. The van der Waals surface area contributed by atoms with E-state index in [0.717, 1.165) is 6.54 Å². The van der Waals surface area contributed by atoms with Crippen molar-refractivity contribution in [1.29, 1.82) is 0 Å². The molecule has 1 aliphatic rings. The number of hydrogen-bond acceptors (Lipinski definition) is 2. The topological polar surface area (TPSA) is 20.3 Å². The molecule has 0 saturated carbocycles. The van der Waals surface area contributed by atoms with Crippen LogP contribution >= 0.6 is 0 Å². The van der Waals surface area contributed by atoms with E-state index in [-0.39, 0.29) is 0 Å². The second-order valence-corrected chi connectivity index (χ2v) is 5.23. The average molecular weight is 231 g/mol. The van der Waals surface area contributed by atoms with Crippen LogP contribution < -0.4 is 0 Å². The molecule has 2 rings (SSSR count). The number of carbonyl (C=O) groups is 1. The fourth-order valence-electron chi connectivity index (χ4n) is 2.40. The van der Waals surface area contributed by atoms with Crippen LogP contribution in [0, 0.1) is 0 Å². The minimum absolute atomic E-state index is 0.344. The number of fused-ring (bicyclic) bond motifs is 1. The molecule has 0 heterocycles. The third-order valence-corrected chi connectivity index (χ3v) is 3.40. The molecule has 0 aliphatic heterocycles. The molecule has 0 spiro atoms. The van der Waals surface area contributed by atoms with Crippen molar-refractivity contribution >= 4 is 5.78 Å². The smallest absolute Gasteiger partial charge is 0.138 e. The van der Waals surface area contributed by atoms with Gasteiger partial charge in [0.05, 0.1) is 0 Å². The summed E-state index contributed by atoms with van der Waals surface area (Å²) >= 11 is 0. The summed E-state index contributed by atoms with van der Waals surface area (Å²) in [7, 11) is 4.01. The lowest BCUT2D eigenvalue weighted by atomic mass is 10.0. The minimum Gasteiger partial charge on any atom is -0.309 e. The van der Waals surface area contributed by atoms with Crippen molar-refractivity contribution in [3.05, 3.63) is 34.9 Å². The van der Waals surface area contributed by atoms with Crippen LogP contribution in [0.25, 0.3) is 0 Å². The Hall–Kier alpha value is -1.15. The highest BCUT2D eigenvalue weighted by Gasteiger charge is 2.12. The second-order valence-electron chi connectivity index (χ2n) is 5.23. The summed E-state index contributed by atoms with van der Waals surface area (Å²) in [6.07, 6.45) is 4.93. The van der Waals surface area contributed by atoms with E-state index in [0.29, 0.717) is 18.6 Å². The fraction of sp³-hybridized carbons (Fsp3) is 0.533. The molecule has 17 heavy (non-hydrogen) atoms. The molecule has 0 atom stereocenters. The highest BCUT2D eigenvalue weighted by molar-refractivity contribution is 5.81. The van der Waals surface area contributed by atoms with Gasteiger partial charge in [0, 0.05) is 19.4 Å². The van der Waals surface area contributed by atoms with Gasteiger partial charge in [-0.1, -0.05) is 18.2 Å². The fourth-order valence-corrected chi connectivity index (χ4v) is 2.40. The van der Waals surface area contributed by atoms with E-state index in [1.54, 1.807) is 0 Å². The van der Waals surface area contributed by atoms with E-state index in [1.165, 1.54) is 36.0 Å².